The van der Waals surface area contributed by atoms with Gasteiger partial charge in [-0.1, -0.05) is 30.7 Å². The number of aryl methyl sites for hydroxylation is 2. The second-order valence-corrected chi connectivity index (χ2v) is 11.6. The van der Waals surface area contributed by atoms with Gasteiger partial charge in [-0.05, 0) is 98.9 Å². The number of aliphatic hydroxyl groups excluding tert-OH is 1. The number of nitrogens with zero attached hydrogens (tertiary/aromatic N) is 1. The van der Waals surface area contributed by atoms with Crippen molar-refractivity contribution >= 4 is 11.7 Å². The predicted molar refractivity (Wildman–Crippen MR) is 159 cm³/mol. The molecule has 2 aliphatic carbocycles. The highest BCUT2D eigenvalue weighted by molar-refractivity contribution is 5.99. The van der Waals surface area contributed by atoms with Gasteiger partial charge in [0.1, 0.15) is 11.6 Å². The maximum absolute atomic E-state index is 13.4. The number of amides is 1. The van der Waals surface area contributed by atoms with Crippen LogP contribution in [-0.4, -0.2) is 40.8 Å². The lowest BCUT2D eigenvalue weighted by atomic mass is 9.93. The minimum atomic E-state index is -0.188. The van der Waals surface area contributed by atoms with E-state index >= 15 is 0 Å². The van der Waals surface area contributed by atoms with Crippen LogP contribution in [-0.2, 0) is 6.54 Å². The number of carbonyl (C=O) groups excluding carboxylic acids is 1. The van der Waals surface area contributed by atoms with Gasteiger partial charge in [-0.3, -0.25) is 4.79 Å². The molecule has 2 aliphatic rings. The Morgan fingerprint density at radius 2 is 1.82 bits per heavy atom. The van der Waals surface area contributed by atoms with Crippen LogP contribution in [0.5, 0.6) is 5.75 Å². The summed E-state index contributed by atoms with van der Waals surface area (Å²) in [6.07, 6.45) is 8.31. The molecule has 0 aliphatic heterocycles. The van der Waals surface area contributed by atoms with Crippen LogP contribution in [0.4, 0.5) is 5.82 Å². The van der Waals surface area contributed by atoms with Crippen molar-refractivity contribution in [3.8, 4) is 16.9 Å². The van der Waals surface area contributed by atoms with Crippen LogP contribution in [0.3, 0.4) is 0 Å². The zero-order valence-corrected chi connectivity index (χ0v) is 23.7. The van der Waals surface area contributed by atoms with E-state index in [1.807, 2.05) is 24.3 Å². The average molecular weight is 543 g/mol. The predicted octanol–water partition coefficient (Wildman–Crippen LogP) is 5.32. The molecule has 1 amide bonds. The molecule has 0 spiro atoms. The van der Waals surface area contributed by atoms with Gasteiger partial charge >= 0.3 is 0 Å². The standard InChI is InChI=1S/C33H42N4O3/c1-21-9-14-29(15-22(21)2)40-20-25-7-4-8-31(25)37-33(39)30-17-26(19-36-32(30)34)24-6-3-5-23(16-24)18-35-27-10-12-28(38)13-11-27/h3,5-6,9,14-17,19,25,27-28,31,35,38H,4,7-8,10-13,18,20H2,1-2H3,(H2,34,36)(H,37,39)/t25-,27?,28?,31+/m1/s1. The van der Waals surface area contributed by atoms with E-state index < -0.39 is 0 Å². The first-order valence-corrected chi connectivity index (χ1v) is 14.6. The van der Waals surface area contributed by atoms with Crippen LogP contribution in [0, 0.1) is 19.8 Å². The zero-order valence-electron chi connectivity index (χ0n) is 23.7. The molecular weight excluding hydrogens is 500 g/mol. The van der Waals surface area contributed by atoms with Gasteiger partial charge in [0, 0.05) is 36.3 Å². The Hall–Kier alpha value is -3.42. The van der Waals surface area contributed by atoms with E-state index in [2.05, 4.69) is 53.7 Å². The maximum atomic E-state index is 13.4. The first kappa shape index (κ1) is 28.1. The SMILES string of the molecule is Cc1ccc(OC[C@H]2CCC[C@@H]2NC(=O)c2cc(-c3cccc(CNC4CCC(O)CC4)c3)cnc2N)cc1C. The average Bonchev–Trinajstić information content (AvgIpc) is 3.40. The minimum absolute atomic E-state index is 0.0393. The molecule has 2 atom stereocenters. The van der Waals surface area contributed by atoms with Gasteiger partial charge in [-0.15, -0.1) is 0 Å². The van der Waals surface area contributed by atoms with Crippen LogP contribution in [0.15, 0.2) is 54.7 Å². The summed E-state index contributed by atoms with van der Waals surface area (Å²) >= 11 is 0. The van der Waals surface area contributed by atoms with Crippen molar-refractivity contribution in [2.24, 2.45) is 5.92 Å². The van der Waals surface area contributed by atoms with Crippen molar-refractivity contribution in [2.75, 3.05) is 12.3 Å². The third-order valence-corrected chi connectivity index (χ3v) is 8.63. The van der Waals surface area contributed by atoms with Crippen molar-refractivity contribution in [2.45, 2.75) is 83.5 Å². The molecule has 0 unspecified atom stereocenters. The zero-order chi connectivity index (χ0) is 28.1. The molecule has 5 N–H and O–H groups in total. The second kappa shape index (κ2) is 12.8. The topological polar surface area (TPSA) is 110 Å². The quantitative estimate of drug-likeness (QED) is 0.291. The summed E-state index contributed by atoms with van der Waals surface area (Å²) in [7, 11) is 0. The molecule has 0 saturated heterocycles. The number of benzene rings is 2. The molecule has 1 aromatic heterocycles. The van der Waals surface area contributed by atoms with Gasteiger partial charge in [0.25, 0.3) is 5.91 Å². The number of nitrogens with two attached hydrogens (primary N) is 1. The summed E-state index contributed by atoms with van der Waals surface area (Å²) in [5.41, 5.74) is 12.1. The summed E-state index contributed by atoms with van der Waals surface area (Å²) in [5.74, 6) is 1.17. The maximum Gasteiger partial charge on any atom is 0.255 e. The van der Waals surface area contributed by atoms with Crippen molar-refractivity contribution < 1.29 is 14.6 Å². The van der Waals surface area contributed by atoms with Crippen LogP contribution in [0.25, 0.3) is 11.1 Å². The van der Waals surface area contributed by atoms with Gasteiger partial charge in [0.15, 0.2) is 0 Å². The second-order valence-electron chi connectivity index (χ2n) is 11.6. The number of aromatic nitrogens is 1. The number of hydrogen-bond donors (Lipinski definition) is 4. The third kappa shape index (κ3) is 7.01. The van der Waals surface area contributed by atoms with Crippen LogP contribution >= 0.6 is 0 Å². The fourth-order valence-electron chi connectivity index (χ4n) is 5.90. The van der Waals surface area contributed by atoms with Gasteiger partial charge in [-0.25, -0.2) is 4.98 Å². The van der Waals surface area contributed by atoms with E-state index in [-0.39, 0.29) is 29.8 Å². The number of nitrogen functional groups attached to an aromatic ring is 1. The summed E-state index contributed by atoms with van der Waals surface area (Å²) < 4.78 is 6.11. The number of anilines is 1. The molecule has 3 aromatic rings. The van der Waals surface area contributed by atoms with E-state index in [1.54, 1.807) is 6.20 Å². The van der Waals surface area contributed by atoms with E-state index in [9.17, 15) is 9.90 Å². The molecule has 2 aromatic carbocycles. The van der Waals surface area contributed by atoms with Crippen molar-refractivity contribution in [1.82, 2.24) is 15.6 Å². The fraction of sp³-hybridized carbons (Fsp3) is 0.455. The van der Waals surface area contributed by atoms with Crippen LogP contribution in [0.1, 0.15) is 72.0 Å². The van der Waals surface area contributed by atoms with E-state index in [0.29, 0.717) is 18.2 Å². The Labute approximate surface area is 237 Å². The van der Waals surface area contributed by atoms with Crippen LogP contribution in [0.2, 0.25) is 0 Å². The number of aliphatic hydroxyl groups is 1. The Morgan fingerprint density at radius 1 is 1.00 bits per heavy atom. The highest BCUT2D eigenvalue weighted by Crippen LogP contribution is 2.29. The van der Waals surface area contributed by atoms with Crippen LogP contribution < -0.4 is 21.1 Å². The lowest BCUT2D eigenvalue weighted by Crippen LogP contribution is -2.39. The van der Waals surface area contributed by atoms with Gasteiger partial charge in [0.2, 0.25) is 0 Å². The molecule has 2 fully saturated rings. The smallest absolute Gasteiger partial charge is 0.255 e. The Kier molecular flexibility index (Phi) is 9.02. The molecular formula is C33H42N4O3. The molecule has 5 rings (SSSR count). The Morgan fingerprint density at radius 3 is 2.62 bits per heavy atom. The van der Waals surface area contributed by atoms with E-state index in [1.165, 1.54) is 16.7 Å². The molecule has 0 bridgehead atoms. The van der Waals surface area contributed by atoms with Gasteiger partial charge < -0.3 is 26.2 Å². The number of pyridine rings is 1. The fourth-order valence-corrected chi connectivity index (χ4v) is 5.90. The molecule has 0 radical (unpaired) electrons. The molecule has 7 nitrogen and oxygen atoms in total. The van der Waals surface area contributed by atoms with E-state index in [0.717, 1.165) is 68.4 Å². The minimum Gasteiger partial charge on any atom is -0.493 e. The summed E-state index contributed by atoms with van der Waals surface area (Å²) in [6, 6.07) is 16.8. The normalized spacial score (nSPS) is 22.7. The van der Waals surface area contributed by atoms with Crippen molar-refractivity contribution in [3.05, 3.63) is 77.0 Å². The first-order valence-electron chi connectivity index (χ1n) is 14.6. The lowest BCUT2D eigenvalue weighted by Gasteiger charge is -2.26. The van der Waals surface area contributed by atoms with E-state index in [4.69, 9.17) is 10.5 Å². The van der Waals surface area contributed by atoms with Gasteiger partial charge in [0.05, 0.1) is 18.3 Å². The Balaban J connectivity index is 1.21. The highest BCUT2D eigenvalue weighted by Gasteiger charge is 2.30. The monoisotopic (exact) mass is 542 g/mol. The number of ether oxygens (including phenoxy) is 1. The van der Waals surface area contributed by atoms with Crippen molar-refractivity contribution in [3.63, 3.8) is 0 Å². The molecule has 212 valence electrons. The highest BCUT2D eigenvalue weighted by atomic mass is 16.5. The molecule has 1 heterocycles. The lowest BCUT2D eigenvalue weighted by molar-refractivity contribution is 0.0919. The number of rotatable bonds is 9. The Bertz CT molecular complexity index is 1320. The number of nitrogens with one attached hydrogen (secondary N) is 2. The summed E-state index contributed by atoms with van der Waals surface area (Å²) in [4.78, 5) is 17.7. The van der Waals surface area contributed by atoms with Gasteiger partial charge in [-0.2, -0.15) is 0 Å². The molecule has 2 saturated carbocycles. The third-order valence-electron chi connectivity index (χ3n) is 8.63. The summed E-state index contributed by atoms with van der Waals surface area (Å²) in [6.45, 7) is 5.52. The number of carbonyl (C=O) groups is 1. The summed E-state index contributed by atoms with van der Waals surface area (Å²) in [5, 5.41) is 16.6. The molecule has 40 heavy (non-hydrogen) atoms. The number of hydrogen-bond acceptors (Lipinski definition) is 6. The first-order chi connectivity index (χ1) is 19.4. The van der Waals surface area contributed by atoms with Crippen molar-refractivity contribution in [1.29, 1.82) is 0 Å². The molecule has 7 heteroatoms. The largest absolute Gasteiger partial charge is 0.493 e.